The Morgan fingerprint density at radius 1 is 1.23 bits per heavy atom. The number of halogens is 1. The van der Waals surface area contributed by atoms with E-state index in [-0.39, 0.29) is 33.8 Å². The van der Waals surface area contributed by atoms with E-state index in [0.29, 0.717) is 24.0 Å². The SMILES string of the molecule is O=S1(=O)CCC(Cc2nnc(SCCS(=O)(=O)c3ccc(Br)cc3)o2)C1. The predicted octanol–water partition coefficient (Wildman–Crippen LogP) is 2.38. The first kappa shape index (κ1) is 19.8. The highest BCUT2D eigenvalue weighted by Gasteiger charge is 2.29. The van der Waals surface area contributed by atoms with Gasteiger partial charge in [-0.1, -0.05) is 27.7 Å². The molecule has 1 aliphatic rings. The second kappa shape index (κ2) is 7.99. The van der Waals surface area contributed by atoms with Crippen molar-refractivity contribution in [2.75, 3.05) is 23.0 Å². The molecule has 2 aromatic rings. The van der Waals surface area contributed by atoms with Crippen molar-refractivity contribution in [1.82, 2.24) is 10.2 Å². The molecule has 1 aromatic heterocycles. The summed E-state index contributed by atoms with van der Waals surface area (Å²) in [7, 11) is -6.30. The minimum absolute atomic E-state index is 0.0103. The lowest BCUT2D eigenvalue weighted by molar-refractivity contribution is 0.389. The number of nitrogens with zero attached hydrogens (tertiary/aromatic N) is 2. The van der Waals surface area contributed by atoms with E-state index < -0.39 is 19.7 Å². The monoisotopic (exact) mass is 480 g/mol. The van der Waals surface area contributed by atoms with E-state index in [4.69, 9.17) is 4.42 Å². The molecule has 0 N–H and O–H groups in total. The lowest BCUT2D eigenvalue weighted by Gasteiger charge is -2.03. The summed E-state index contributed by atoms with van der Waals surface area (Å²) in [6.07, 6.45) is 1.04. The Labute approximate surface area is 164 Å². The van der Waals surface area contributed by atoms with Gasteiger partial charge in [0.25, 0.3) is 5.22 Å². The average Bonchev–Trinajstić information content (AvgIpc) is 3.14. The summed E-state index contributed by atoms with van der Waals surface area (Å²) in [6.45, 7) is 0. The summed E-state index contributed by atoms with van der Waals surface area (Å²) in [4.78, 5) is 0.273. The summed E-state index contributed by atoms with van der Waals surface area (Å²) >= 11 is 4.45. The van der Waals surface area contributed by atoms with Crippen LogP contribution in [-0.4, -0.2) is 50.0 Å². The smallest absolute Gasteiger partial charge is 0.276 e. The number of rotatable bonds is 7. The van der Waals surface area contributed by atoms with Crippen LogP contribution in [0.5, 0.6) is 0 Å². The molecule has 0 amide bonds. The van der Waals surface area contributed by atoms with Crippen molar-refractivity contribution >= 4 is 47.4 Å². The molecule has 2 heterocycles. The van der Waals surface area contributed by atoms with Gasteiger partial charge in [-0.05, 0) is 36.6 Å². The van der Waals surface area contributed by atoms with Crippen LogP contribution in [0.4, 0.5) is 0 Å². The van der Waals surface area contributed by atoms with Gasteiger partial charge in [-0.2, -0.15) is 0 Å². The normalized spacial score (nSPS) is 19.7. The largest absolute Gasteiger partial charge is 0.416 e. The summed E-state index contributed by atoms with van der Waals surface area (Å²) < 4.78 is 53.8. The Balaban J connectivity index is 1.51. The van der Waals surface area contributed by atoms with Crippen LogP contribution < -0.4 is 0 Å². The minimum Gasteiger partial charge on any atom is -0.416 e. The first-order valence-corrected chi connectivity index (χ1v) is 13.1. The van der Waals surface area contributed by atoms with Crippen molar-refractivity contribution in [3.63, 3.8) is 0 Å². The van der Waals surface area contributed by atoms with E-state index in [1.807, 2.05) is 0 Å². The molecule has 0 saturated carbocycles. The van der Waals surface area contributed by atoms with Crippen LogP contribution in [0.2, 0.25) is 0 Å². The quantitative estimate of drug-likeness (QED) is 0.555. The third-order valence-corrected chi connectivity index (χ3v) is 9.16. The molecule has 1 saturated heterocycles. The molecular weight excluding hydrogens is 464 g/mol. The van der Waals surface area contributed by atoms with Crippen molar-refractivity contribution in [3.05, 3.63) is 34.6 Å². The number of sulfone groups is 2. The Morgan fingerprint density at radius 3 is 2.62 bits per heavy atom. The third kappa shape index (κ3) is 5.30. The summed E-state index contributed by atoms with van der Waals surface area (Å²) in [5.41, 5.74) is 0. The molecule has 0 spiro atoms. The van der Waals surface area contributed by atoms with Crippen molar-refractivity contribution in [2.45, 2.75) is 23.0 Å². The first-order chi connectivity index (χ1) is 12.2. The lowest BCUT2D eigenvalue weighted by Crippen LogP contribution is -2.08. The van der Waals surface area contributed by atoms with E-state index in [2.05, 4.69) is 26.1 Å². The average molecular weight is 481 g/mol. The van der Waals surface area contributed by atoms with Crippen LogP contribution in [0.3, 0.4) is 0 Å². The number of hydrogen-bond donors (Lipinski definition) is 0. The number of aromatic nitrogens is 2. The van der Waals surface area contributed by atoms with Crippen LogP contribution in [0.15, 0.2) is 43.3 Å². The highest BCUT2D eigenvalue weighted by atomic mass is 79.9. The fourth-order valence-corrected chi connectivity index (χ4v) is 7.21. The molecule has 1 unspecified atom stereocenters. The molecule has 26 heavy (non-hydrogen) atoms. The summed E-state index contributed by atoms with van der Waals surface area (Å²) in [5.74, 6) is 1.02. The van der Waals surface area contributed by atoms with Crippen molar-refractivity contribution < 1.29 is 21.3 Å². The fraction of sp³-hybridized carbons (Fsp3) is 0.467. The Kier molecular flexibility index (Phi) is 6.10. The molecule has 0 aliphatic carbocycles. The molecular formula is C15H17BrN2O5S3. The molecule has 7 nitrogen and oxygen atoms in total. The van der Waals surface area contributed by atoms with Crippen LogP contribution in [0.1, 0.15) is 12.3 Å². The van der Waals surface area contributed by atoms with Gasteiger partial charge in [0.05, 0.1) is 22.2 Å². The number of hydrogen-bond acceptors (Lipinski definition) is 8. The summed E-state index contributed by atoms with van der Waals surface area (Å²) in [5, 5.41) is 8.12. The first-order valence-electron chi connectivity index (χ1n) is 7.87. The van der Waals surface area contributed by atoms with Gasteiger partial charge >= 0.3 is 0 Å². The number of thioether (sulfide) groups is 1. The van der Waals surface area contributed by atoms with E-state index >= 15 is 0 Å². The van der Waals surface area contributed by atoms with Crippen LogP contribution in [-0.2, 0) is 26.1 Å². The molecule has 11 heteroatoms. The molecule has 1 aliphatic heterocycles. The van der Waals surface area contributed by atoms with Crippen LogP contribution in [0, 0.1) is 5.92 Å². The van der Waals surface area contributed by atoms with Gasteiger partial charge in [0.15, 0.2) is 19.7 Å². The lowest BCUT2D eigenvalue weighted by atomic mass is 10.1. The van der Waals surface area contributed by atoms with Crippen LogP contribution in [0.25, 0.3) is 0 Å². The highest BCUT2D eigenvalue weighted by Crippen LogP contribution is 2.24. The molecule has 142 valence electrons. The van der Waals surface area contributed by atoms with Crippen molar-refractivity contribution in [2.24, 2.45) is 5.92 Å². The predicted molar refractivity (Wildman–Crippen MR) is 102 cm³/mol. The van der Waals surface area contributed by atoms with E-state index in [0.717, 1.165) is 4.47 Å². The molecule has 1 atom stereocenters. The van der Waals surface area contributed by atoms with Gasteiger partial charge in [0.2, 0.25) is 5.89 Å². The Morgan fingerprint density at radius 2 is 1.96 bits per heavy atom. The summed E-state index contributed by atoms with van der Waals surface area (Å²) in [6, 6.07) is 6.50. The third-order valence-electron chi connectivity index (χ3n) is 3.99. The van der Waals surface area contributed by atoms with E-state index in [9.17, 15) is 16.8 Å². The second-order valence-electron chi connectivity index (χ2n) is 6.06. The van der Waals surface area contributed by atoms with Gasteiger partial charge in [0, 0.05) is 16.6 Å². The molecule has 0 bridgehead atoms. The zero-order chi connectivity index (χ0) is 18.8. The number of benzene rings is 1. The maximum atomic E-state index is 12.3. The zero-order valence-corrected chi connectivity index (χ0v) is 17.7. The van der Waals surface area contributed by atoms with Gasteiger partial charge in [-0.15, -0.1) is 10.2 Å². The molecule has 0 radical (unpaired) electrons. The van der Waals surface area contributed by atoms with Crippen molar-refractivity contribution in [3.8, 4) is 0 Å². The zero-order valence-electron chi connectivity index (χ0n) is 13.7. The van der Waals surface area contributed by atoms with Gasteiger partial charge in [0.1, 0.15) is 0 Å². The Hall–Kier alpha value is -0.910. The van der Waals surface area contributed by atoms with Crippen molar-refractivity contribution in [1.29, 1.82) is 0 Å². The van der Waals surface area contributed by atoms with Gasteiger partial charge < -0.3 is 4.42 Å². The second-order valence-corrected chi connectivity index (χ2v) is 12.4. The highest BCUT2D eigenvalue weighted by molar-refractivity contribution is 9.10. The van der Waals surface area contributed by atoms with Gasteiger partial charge in [-0.3, -0.25) is 0 Å². The standard InChI is InChI=1S/C15H17BrN2O5S3/c16-12-1-3-13(4-2-12)26(21,22)8-6-24-15-18-17-14(23-15)9-11-5-7-25(19,20)10-11/h1-4,11H,5-10H2. The topological polar surface area (TPSA) is 107 Å². The minimum atomic E-state index is -3.37. The van der Waals surface area contributed by atoms with Crippen LogP contribution >= 0.6 is 27.7 Å². The Bertz CT molecular complexity index is 971. The fourth-order valence-electron chi connectivity index (χ4n) is 2.66. The van der Waals surface area contributed by atoms with E-state index in [1.165, 1.54) is 11.8 Å². The maximum Gasteiger partial charge on any atom is 0.276 e. The van der Waals surface area contributed by atoms with E-state index in [1.54, 1.807) is 24.3 Å². The van der Waals surface area contributed by atoms with Gasteiger partial charge in [-0.25, -0.2) is 16.8 Å². The molecule has 3 rings (SSSR count). The molecule has 1 fully saturated rings. The molecule has 1 aromatic carbocycles. The maximum absolute atomic E-state index is 12.3.